The monoisotopic (exact) mass is 359 g/mol. The van der Waals surface area contributed by atoms with E-state index in [1.165, 1.54) is 0 Å². The lowest BCUT2D eigenvalue weighted by Gasteiger charge is -2.38. The fourth-order valence-corrected chi connectivity index (χ4v) is 2.84. The van der Waals surface area contributed by atoms with Crippen LogP contribution in [-0.4, -0.2) is 47.2 Å². The molecule has 0 radical (unpaired) electrons. The molecule has 25 heavy (non-hydrogen) atoms. The number of halogens is 3. The summed E-state index contributed by atoms with van der Waals surface area (Å²) in [5, 5.41) is 0. The van der Waals surface area contributed by atoms with Crippen LogP contribution in [0.25, 0.3) is 0 Å². The summed E-state index contributed by atoms with van der Waals surface area (Å²) < 4.78 is 39.7. The summed E-state index contributed by atoms with van der Waals surface area (Å²) >= 11 is 0. The first-order chi connectivity index (χ1) is 11.5. The molecule has 5 nitrogen and oxygen atoms in total. The molecule has 0 saturated carbocycles. The number of anilines is 1. The van der Waals surface area contributed by atoms with Crippen molar-refractivity contribution in [1.82, 2.24) is 14.9 Å². The van der Waals surface area contributed by atoms with Gasteiger partial charge < -0.3 is 10.6 Å². The lowest BCUT2D eigenvalue weighted by Crippen LogP contribution is -2.53. The molecule has 142 valence electrons. The molecule has 1 aliphatic heterocycles. The van der Waals surface area contributed by atoms with Crippen LogP contribution in [0, 0.1) is 0 Å². The van der Waals surface area contributed by atoms with Crippen molar-refractivity contribution in [3.63, 3.8) is 0 Å². The van der Waals surface area contributed by atoms with Gasteiger partial charge in [0.2, 0.25) is 0 Å². The number of hydrogen-bond acceptors (Lipinski definition) is 5. The van der Waals surface area contributed by atoms with E-state index >= 15 is 0 Å². The lowest BCUT2D eigenvalue weighted by atomic mass is 9.95. The molecular weight excluding hydrogens is 331 g/mol. The fourth-order valence-electron chi connectivity index (χ4n) is 2.84. The predicted molar refractivity (Wildman–Crippen MR) is 92.4 cm³/mol. The van der Waals surface area contributed by atoms with Gasteiger partial charge >= 0.3 is 6.18 Å². The average Bonchev–Trinajstić information content (AvgIpc) is 2.53. The molecular formula is C17H28F3N5. The zero-order valence-electron chi connectivity index (χ0n) is 15.4. The average molecular weight is 359 g/mol. The lowest BCUT2D eigenvalue weighted by molar-refractivity contribution is -0.141. The fraction of sp³-hybridized carbons (Fsp3) is 0.765. The first-order valence-electron chi connectivity index (χ1n) is 8.73. The Bertz CT molecular complexity index is 542. The molecule has 2 rings (SSSR count). The predicted octanol–water partition coefficient (Wildman–Crippen LogP) is 3.00. The zero-order valence-corrected chi connectivity index (χ0v) is 15.4. The third-order valence-corrected chi connectivity index (χ3v) is 4.37. The Balaban J connectivity index is 2.22. The largest absolute Gasteiger partial charge is 0.433 e. The van der Waals surface area contributed by atoms with Crippen LogP contribution in [0.1, 0.15) is 52.1 Å². The summed E-state index contributed by atoms with van der Waals surface area (Å²) in [6, 6.07) is 1.05. The molecule has 1 atom stereocenters. The molecule has 1 aromatic heterocycles. The number of nitrogens with two attached hydrogens (primary N) is 1. The second kappa shape index (κ2) is 7.45. The van der Waals surface area contributed by atoms with Crippen molar-refractivity contribution < 1.29 is 13.2 Å². The first kappa shape index (κ1) is 19.9. The van der Waals surface area contributed by atoms with Gasteiger partial charge in [-0.3, -0.25) is 4.90 Å². The van der Waals surface area contributed by atoms with Gasteiger partial charge in [0.1, 0.15) is 17.3 Å². The molecule has 0 bridgehead atoms. The van der Waals surface area contributed by atoms with E-state index in [1.54, 1.807) is 0 Å². The van der Waals surface area contributed by atoms with E-state index in [0.29, 0.717) is 18.9 Å². The first-order valence-corrected chi connectivity index (χ1v) is 8.73. The Hall–Kier alpha value is -1.41. The summed E-state index contributed by atoms with van der Waals surface area (Å²) in [5.41, 5.74) is 4.70. The number of piperazine rings is 1. The highest BCUT2D eigenvalue weighted by atomic mass is 19.4. The molecule has 2 N–H and O–H groups in total. The minimum Gasteiger partial charge on any atom is -0.354 e. The molecule has 0 amide bonds. The van der Waals surface area contributed by atoms with Gasteiger partial charge in [-0.2, -0.15) is 13.2 Å². The molecule has 2 heterocycles. The number of hydrogen-bond donors (Lipinski definition) is 1. The van der Waals surface area contributed by atoms with Crippen LogP contribution < -0.4 is 10.6 Å². The van der Waals surface area contributed by atoms with Crippen molar-refractivity contribution in [2.24, 2.45) is 5.73 Å². The van der Waals surface area contributed by atoms with Crippen molar-refractivity contribution in [2.45, 2.75) is 58.3 Å². The van der Waals surface area contributed by atoms with Gasteiger partial charge in [0, 0.05) is 37.7 Å². The van der Waals surface area contributed by atoms with Crippen LogP contribution in [0.4, 0.5) is 19.0 Å². The molecule has 0 aromatic carbocycles. The van der Waals surface area contributed by atoms with E-state index in [1.807, 2.05) is 25.7 Å². The van der Waals surface area contributed by atoms with Crippen molar-refractivity contribution in [3.8, 4) is 0 Å². The number of aromatic nitrogens is 2. The third kappa shape index (κ3) is 5.04. The van der Waals surface area contributed by atoms with Gasteiger partial charge in [0.25, 0.3) is 0 Å². The van der Waals surface area contributed by atoms with Crippen LogP contribution in [0.3, 0.4) is 0 Å². The van der Waals surface area contributed by atoms with Crippen LogP contribution >= 0.6 is 0 Å². The summed E-state index contributed by atoms with van der Waals surface area (Å²) in [5.74, 6) is 0.554. The molecule has 0 spiro atoms. The Morgan fingerprint density at radius 3 is 2.20 bits per heavy atom. The van der Waals surface area contributed by atoms with Crippen LogP contribution in [0.2, 0.25) is 0 Å². The Kier molecular flexibility index (Phi) is 5.93. The highest BCUT2D eigenvalue weighted by Crippen LogP contribution is 2.32. The normalized spacial score (nSPS) is 18.5. The van der Waals surface area contributed by atoms with Crippen molar-refractivity contribution in [3.05, 3.63) is 17.6 Å². The van der Waals surface area contributed by atoms with E-state index in [2.05, 4.69) is 21.8 Å². The van der Waals surface area contributed by atoms with E-state index < -0.39 is 17.3 Å². The molecule has 8 heteroatoms. The maximum atomic E-state index is 13.2. The molecule has 1 unspecified atom stereocenters. The van der Waals surface area contributed by atoms with E-state index in [0.717, 1.165) is 32.0 Å². The second-order valence-electron chi connectivity index (χ2n) is 7.56. The number of alkyl halides is 3. The maximum absolute atomic E-state index is 13.2. The summed E-state index contributed by atoms with van der Waals surface area (Å²) in [6.07, 6.45) is -2.55. The topological polar surface area (TPSA) is 58.3 Å². The van der Waals surface area contributed by atoms with Crippen LogP contribution in [0.5, 0.6) is 0 Å². The number of rotatable bonds is 4. The highest BCUT2D eigenvalue weighted by molar-refractivity contribution is 5.42. The summed E-state index contributed by atoms with van der Waals surface area (Å²) in [6.45, 7) is 10.2. The third-order valence-electron chi connectivity index (χ3n) is 4.37. The molecule has 1 saturated heterocycles. The molecule has 1 fully saturated rings. The van der Waals surface area contributed by atoms with E-state index in [-0.39, 0.29) is 12.0 Å². The SMILES string of the molecule is CCCC(N)N1CCN(c2cc(C(F)(F)F)nc(C(C)(C)C)n2)CC1. The van der Waals surface area contributed by atoms with Gasteiger partial charge in [-0.1, -0.05) is 34.1 Å². The Morgan fingerprint density at radius 2 is 1.72 bits per heavy atom. The Labute approximate surface area is 147 Å². The highest BCUT2D eigenvalue weighted by Gasteiger charge is 2.36. The molecule has 1 aliphatic rings. The van der Waals surface area contributed by atoms with Crippen LogP contribution in [0.15, 0.2) is 6.07 Å². The van der Waals surface area contributed by atoms with Gasteiger partial charge in [-0.25, -0.2) is 9.97 Å². The van der Waals surface area contributed by atoms with Crippen molar-refractivity contribution >= 4 is 5.82 Å². The standard InChI is InChI=1S/C17H28F3N5/c1-5-6-13(21)24-7-9-25(10-8-24)14-11-12(17(18,19)20)22-15(23-14)16(2,3)4/h11,13H,5-10,21H2,1-4H3. The maximum Gasteiger partial charge on any atom is 0.433 e. The van der Waals surface area contributed by atoms with Gasteiger partial charge in [-0.15, -0.1) is 0 Å². The molecule has 1 aromatic rings. The zero-order chi connectivity index (χ0) is 18.8. The second-order valence-corrected chi connectivity index (χ2v) is 7.56. The summed E-state index contributed by atoms with van der Waals surface area (Å²) in [7, 11) is 0. The van der Waals surface area contributed by atoms with Gasteiger partial charge in [0.15, 0.2) is 0 Å². The Morgan fingerprint density at radius 1 is 1.12 bits per heavy atom. The smallest absolute Gasteiger partial charge is 0.354 e. The quantitative estimate of drug-likeness (QED) is 0.896. The summed E-state index contributed by atoms with van der Waals surface area (Å²) in [4.78, 5) is 12.2. The van der Waals surface area contributed by atoms with Crippen molar-refractivity contribution in [2.75, 3.05) is 31.1 Å². The molecule has 0 aliphatic carbocycles. The van der Waals surface area contributed by atoms with E-state index in [4.69, 9.17) is 5.73 Å². The minimum absolute atomic E-state index is 0.00780. The van der Waals surface area contributed by atoms with E-state index in [9.17, 15) is 13.2 Å². The van der Waals surface area contributed by atoms with Crippen LogP contribution in [-0.2, 0) is 11.6 Å². The minimum atomic E-state index is -4.48. The number of nitrogens with zero attached hydrogens (tertiary/aromatic N) is 4. The van der Waals surface area contributed by atoms with Crippen molar-refractivity contribution in [1.29, 1.82) is 0 Å². The van der Waals surface area contributed by atoms with Gasteiger partial charge in [0.05, 0.1) is 6.17 Å². The van der Waals surface area contributed by atoms with Gasteiger partial charge in [-0.05, 0) is 6.42 Å².